The lowest BCUT2D eigenvalue weighted by molar-refractivity contribution is -0.384. The molecule has 1 saturated heterocycles. The second kappa shape index (κ2) is 6.36. The molecular formula is C16H20N4O3. The molecule has 0 bridgehead atoms. The fourth-order valence-corrected chi connectivity index (χ4v) is 3.23. The van der Waals surface area contributed by atoms with Crippen LogP contribution in [0.5, 0.6) is 0 Å². The number of carbonyl (C=O) groups is 1. The summed E-state index contributed by atoms with van der Waals surface area (Å²) >= 11 is 0. The van der Waals surface area contributed by atoms with Crippen LogP contribution < -0.4 is 10.3 Å². The first-order valence-corrected chi connectivity index (χ1v) is 7.96. The second-order valence-electron chi connectivity index (χ2n) is 6.15. The molecule has 1 aromatic carbocycles. The predicted octanol–water partition coefficient (Wildman–Crippen LogP) is 2.45. The van der Waals surface area contributed by atoms with Gasteiger partial charge in [0.1, 0.15) is 5.69 Å². The molecule has 1 N–H and O–H groups in total. The van der Waals surface area contributed by atoms with Crippen molar-refractivity contribution in [1.82, 2.24) is 5.43 Å². The Morgan fingerprint density at radius 2 is 2.04 bits per heavy atom. The first-order valence-electron chi connectivity index (χ1n) is 7.96. The number of hydrogen-bond acceptors (Lipinski definition) is 5. The summed E-state index contributed by atoms with van der Waals surface area (Å²) in [4.78, 5) is 24.6. The molecule has 0 saturated carbocycles. The minimum Gasteiger partial charge on any atom is -0.366 e. The van der Waals surface area contributed by atoms with E-state index in [0.717, 1.165) is 25.9 Å². The summed E-state index contributed by atoms with van der Waals surface area (Å²) in [5.74, 6) is -0.176. The smallest absolute Gasteiger partial charge is 0.293 e. The van der Waals surface area contributed by atoms with Crippen LogP contribution >= 0.6 is 0 Å². The van der Waals surface area contributed by atoms with Gasteiger partial charge in [0.2, 0.25) is 5.91 Å². The molecule has 0 aliphatic carbocycles. The normalized spacial score (nSPS) is 21.6. The van der Waals surface area contributed by atoms with Crippen LogP contribution in [-0.2, 0) is 4.79 Å². The SMILES string of the molecule is C[C@H]1CC(=O)NN=C1c1ccc(N2CCCCC2)c([N+](=O)[O-])c1. The maximum absolute atomic E-state index is 11.5. The van der Waals surface area contributed by atoms with Crippen LogP contribution in [0.1, 0.15) is 38.2 Å². The third kappa shape index (κ3) is 3.18. The molecule has 0 radical (unpaired) electrons. The average molecular weight is 316 g/mol. The summed E-state index contributed by atoms with van der Waals surface area (Å²) in [5, 5.41) is 15.6. The maximum Gasteiger partial charge on any atom is 0.293 e. The summed E-state index contributed by atoms with van der Waals surface area (Å²) in [6.45, 7) is 3.61. The molecule has 1 aromatic rings. The molecule has 3 rings (SSSR count). The number of amides is 1. The van der Waals surface area contributed by atoms with Gasteiger partial charge in [0.05, 0.1) is 10.6 Å². The zero-order chi connectivity index (χ0) is 16.4. The van der Waals surface area contributed by atoms with E-state index in [1.807, 2.05) is 19.1 Å². The first kappa shape index (κ1) is 15.5. The maximum atomic E-state index is 11.5. The Balaban J connectivity index is 1.96. The third-order valence-electron chi connectivity index (χ3n) is 4.42. The Morgan fingerprint density at radius 3 is 2.70 bits per heavy atom. The van der Waals surface area contributed by atoms with Crippen LogP contribution in [0.15, 0.2) is 23.3 Å². The van der Waals surface area contributed by atoms with E-state index >= 15 is 0 Å². The van der Waals surface area contributed by atoms with Gasteiger partial charge in [-0.3, -0.25) is 14.9 Å². The van der Waals surface area contributed by atoms with Gasteiger partial charge in [-0.25, -0.2) is 5.43 Å². The molecule has 1 amide bonds. The van der Waals surface area contributed by atoms with Crippen molar-refractivity contribution < 1.29 is 9.72 Å². The highest BCUT2D eigenvalue weighted by atomic mass is 16.6. The largest absolute Gasteiger partial charge is 0.366 e. The van der Waals surface area contributed by atoms with Crippen molar-refractivity contribution in [2.24, 2.45) is 11.0 Å². The molecule has 23 heavy (non-hydrogen) atoms. The summed E-state index contributed by atoms with van der Waals surface area (Å²) in [6, 6.07) is 5.25. The topological polar surface area (TPSA) is 87.8 Å². The summed E-state index contributed by atoms with van der Waals surface area (Å²) in [7, 11) is 0. The number of nitro groups is 1. The number of anilines is 1. The van der Waals surface area contributed by atoms with Gasteiger partial charge in [0.15, 0.2) is 0 Å². The second-order valence-corrected chi connectivity index (χ2v) is 6.15. The molecule has 2 heterocycles. The Labute approximate surface area is 134 Å². The van der Waals surface area contributed by atoms with Gasteiger partial charge >= 0.3 is 0 Å². The Kier molecular flexibility index (Phi) is 4.27. The highest BCUT2D eigenvalue weighted by Gasteiger charge is 2.26. The zero-order valence-electron chi connectivity index (χ0n) is 13.1. The number of rotatable bonds is 3. The number of nitrogens with zero attached hydrogens (tertiary/aromatic N) is 3. The average Bonchev–Trinajstić information content (AvgIpc) is 2.55. The van der Waals surface area contributed by atoms with E-state index in [-0.39, 0.29) is 22.4 Å². The van der Waals surface area contributed by atoms with Crippen molar-refractivity contribution in [2.75, 3.05) is 18.0 Å². The van der Waals surface area contributed by atoms with E-state index in [4.69, 9.17) is 0 Å². The lowest BCUT2D eigenvalue weighted by Gasteiger charge is -2.28. The molecule has 7 nitrogen and oxygen atoms in total. The van der Waals surface area contributed by atoms with Gasteiger partial charge in [0.25, 0.3) is 5.69 Å². The third-order valence-corrected chi connectivity index (χ3v) is 4.42. The van der Waals surface area contributed by atoms with Crippen molar-refractivity contribution in [1.29, 1.82) is 0 Å². The lowest BCUT2D eigenvalue weighted by atomic mass is 9.93. The quantitative estimate of drug-likeness (QED) is 0.685. The zero-order valence-corrected chi connectivity index (χ0v) is 13.1. The Morgan fingerprint density at radius 1 is 1.30 bits per heavy atom. The van der Waals surface area contributed by atoms with Crippen LogP contribution in [0.4, 0.5) is 11.4 Å². The number of carbonyl (C=O) groups excluding carboxylic acids is 1. The molecule has 1 fully saturated rings. The Hall–Kier alpha value is -2.44. The van der Waals surface area contributed by atoms with Crippen molar-refractivity contribution >= 4 is 23.0 Å². The van der Waals surface area contributed by atoms with Crippen LogP contribution in [0.2, 0.25) is 0 Å². The fourth-order valence-electron chi connectivity index (χ4n) is 3.23. The van der Waals surface area contributed by atoms with Gasteiger partial charge in [-0.15, -0.1) is 0 Å². The molecule has 2 aliphatic heterocycles. The minimum absolute atomic E-state index is 0.0517. The van der Waals surface area contributed by atoms with Crippen molar-refractivity contribution in [2.45, 2.75) is 32.6 Å². The number of hydrogen-bond donors (Lipinski definition) is 1. The van der Waals surface area contributed by atoms with Gasteiger partial charge in [0, 0.05) is 37.1 Å². The monoisotopic (exact) mass is 316 g/mol. The van der Waals surface area contributed by atoms with E-state index in [1.165, 1.54) is 6.42 Å². The molecule has 0 unspecified atom stereocenters. The molecule has 0 aromatic heterocycles. The molecular weight excluding hydrogens is 296 g/mol. The number of benzene rings is 1. The first-order chi connectivity index (χ1) is 11.1. The van der Waals surface area contributed by atoms with Gasteiger partial charge in [-0.05, 0) is 25.3 Å². The van der Waals surface area contributed by atoms with Gasteiger partial charge in [-0.1, -0.05) is 13.0 Å². The highest BCUT2D eigenvalue weighted by Crippen LogP contribution is 2.32. The predicted molar refractivity (Wildman–Crippen MR) is 87.6 cm³/mol. The fraction of sp³-hybridized carbons (Fsp3) is 0.500. The molecule has 122 valence electrons. The molecule has 1 atom stereocenters. The minimum atomic E-state index is -0.333. The van der Waals surface area contributed by atoms with E-state index in [0.29, 0.717) is 23.4 Å². The number of hydrazone groups is 1. The van der Waals surface area contributed by atoms with Crippen LogP contribution in [-0.4, -0.2) is 29.6 Å². The van der Waals surface area contributed by atoms with Gasteiger partial charge in [-0.2, -0.15) is 5.10 Å². The molecule has 7 heteroatoms. The lowest BCUT2D eigenvalue weighted by Crippen LogP contribution is -2.32. The van der Waals surface area contributed by atoms with Crippen molar-refractivity contribution in [3.8, 4) is 0 Å². The highest BCUT2D eigenvalue weighted by molar-refractivity contribution is 6.06. The Bertz CT molecular complexity index is 665. The molecule has 2 aliphatic rings. The van der Waals surface area contributed by atoms with E-state index in [9.17, 15) is 14.9 Å². The van der Waals surface area contributed by atoms with Crippen molar-refractivity contribution in [3.05, 3.63) is 33.9 Å². The summed E-state index contributed by atoms with van der Waals surface area (Å²) < 4.78 is 0. The van der Waals surface area contributed by atoms with Crippen LogP contribution in [0.25, 0.3) is 0 Å². The van der Waals surface area contributed by atoms with Crippen molar-refractivity contribution in [3.63, 3.8) is 0 Å². The van der Waals surface area contributed by atoms with E-state index in [1.54, 1.807) is 6.07 Å². The van der Waals surface area contributed by atoms with Gasteiger partial charge < -0.3 is 4.90 Å². The van der Waals surface area contributed by atoms with E-state index < -0.39 is 0 Å². The number of nitrogens with one attached hydrogen (secondary N) is 1. The van der Waals surface area contributed by atoms with Crippen LogP contribution in [0.3, 0.4) is 0 Å². The standard InChI is InChI=1S/C16H20N4O3/c1-11-9-15(21)17-18-16(11)12-5-6-13(14(10-12)20(22)23)19-7-3-2-4-8-19/h5-6,10-11H,2-4,7-9H2,1H3,(H,17,21)/t11-/m0/s1. The van der Waals surface area contributed by atoms with E-state index in [2.05, 4.69) is 15.4 Å². The summed E-state index contributed by atoms with van der Waals surface area (Å²) in [6.07, 6.45) is 3.65. The summed E-state index contributed by atoms with van der Waals surface area (Å²) in [5.41, 5.74) is 4.63. The number of piperidine rings is 1. The number of nitro benzene ring substituents is 1. The van der Waals surface area contributed by atoms with Crippen LogP contribution in [0, 0.1) is 16.0 Å². The molecule has 0 spiro atoms.